The summed E-state index contributed by atoms with van der Waals surface area (Å²) < 4.78 is 93.4. The summed E-state index contributed by atoms with van der Waals surface area (Å²) in [6.07, 6.45) is -0.0649. The van der Waals surface area contributed by atoms with Crippen LogP contribution in [0.15, 0.2) is 85.2 Å². The Bertz CT molecular complexity index is 3030. The zero-order chi connectivity index (χ0) is 54.4. The molecule has 0 aliphatic carbocycles. The Morgan fingerprint density at radius 3 is 1.96 bits per heavy atom. The molecule has 0 amide bonds. The summed E-state index contributed by atoms with van der Waals surface area (Å²) in [7, 11) is -12.8. The minimum Gasteiger partial charge on any atom is -0.468 e. The zero-order valence-corrected chi connectivity index (χ0v) is 47.7. The number of benzene rings is 1. The van der Waals surface area contributed by atoms with Crippen LogP contribution in [0.25, 0.3) is 0 Å². The first-order chi connectivity index (χ1) is 33.7. The van der Waals surface area contributed by atoms with Gasteiger partial charge in [0, 0.05) is 36.6 Å². The number of para-hydroxylation sites is 1. The van der Waals surface area contributed by atoms with Crippen molar-refractivity contribution in [2.24, 2.45) is 5.73 Å². The Morgan fingerprint density at radius 2 is 1.42 bits per heavy atom. The molecule has 3 N–H and O–H groups in total. The van der Waals surface area contributed by atoms with E-state index in [1.54, 1.807) is 42.5 Å². The number of hydrogen-bond donors (Lipinski definition) is 2. The Labute approximate surface area is 427 Å². The molecule has 0 radical (unpaired) electrons. The van der Waals surface area contributed by atoms with Gasteiger partial charge in [-0.25, -0.2) is 18.3 Å². The van der Waals surface area contributed by atoms with Gasteiger partial charge in [-0.05, 0) is 81.7 Å². The van der Waals surface area contributed by atoms with Gasteiger partial charge < -0.3 is 33.3 Å². The number of esters is 1. The number of rotatable bonds is 19. The van der Waals surface area contributed by atoms with Crippen LogP contribution >= 0.6 is 7.75 Å². The average molecular weight is 1100 g/mol. The second-order valence-corrected chi connectivity index (χ2v) is 34.3. The summed E-state index contributed by atoms with van der Waals surface area (Å²) in [4.78, 5) is 68.4. The van der Waals surface area contributed by atoms with E-state index in [2.05, 4.69) is 25.9 Å². The summed E-state index contributed by atoms with van der Waals surface area (Å²) in [6.45, 7) is 23.6. The van der Waals surface area contributed by atoms with Crippen LogP contribution in [0.2, 0.25) is 36.3 Å². The number of carbonyl (C=O) groups excluding carboxylic acids is 1. The molecule has 2 unspecified atom stereocenters. The molecule has 1 spiro atoms. The molecule has 22 nitrogen and oxygen atoms in total. The Morgan fingerprint density at radius 1 is 0.863 bits per heavy atom. The van der Waals surface area contributed by atoms with E-state index in [0.29, 0.717) is 0 Å². The summed E-state index contributed by atoms with van der Waals surface area (Å²) in [5.41, 5.74) is 1.97. The van der Waals surface area contributed by atoms with Crippen LogP contribution in [0.1, 0.15) is 78.5 Å². The Hall–Kier alpha value is -4.54. The van der Waals surface area contributed by atoms with Crippen molar-refractivity contribution in [3.05, 3.63) is 119 Å². The third-order valence-corrected chi connectivity index (χ3v) is 25.9. The quantitative estimate of drug-likeness (QED) is 0.0522. The zero-order valence-electron chi connectivity index (χ0n) is 44.0. The highest BCUT2D eigenvalue weighted by atomic mass is 32.2. The van der Waals surface area contributed by atoms with E-state index in [0.717, 1.165) is 14.5 Å². The van der Waals surface area contributed by atoms with Crippen LogP contribution in [-0.2, 0) is 64.3 Å². The van der Waals surface area contributed by atoms with Gasteiger partial charge in [0.05, 0.1) is 31.4 Å². The summed E-state index contributed by atoms with van der Waals surface area (Å²) in [5, 5.41) is 2.72. The van der Waals surface area contributed by atoms with Gasteiger partial charge in [-0.15, -0.1) is 0 Å². The predicted octanol–water partition coefficient (Wildman–Crippen LogP) is 5.06. The van der Waals surface area contributed by atoms with Gasteiger partial charge >= 0.3 is 25.1 Å². The maximum atomic E-state index is 14.8. The lowest BCUT2D eigenvalue weighted by Gasteiger charge is -2.43. The first-order valence-electron chi connectivity index (χ1n) is 23.9. The van der Waals surface area contributed by atoms with Crippen LogP contribution in [0, 0.1) is 13.8 Å². The van der Waals surface area contributed by atoms with Crippen molar-refractivity contribution in [3.63, 3.8) is 0 Å². The number of aromatic nitrogens is 4. The molecule has 5 heterocycles. The molecular weight excluding hydrogens is 1020 g/mol. The summed E-state index contributed by atoms with van der Waals surface area (Å²) >= 11 is 0. The normalized spacial score (nSPS) is 24.4. The maximum Gasteiger partial charge on any atom is 0.459 e. The third-order valence-electron chi connectivity index (χ3n) is 14.2. The molecule has 1 aromatic carbocycles. The lowest BCUT2D eigenvalue weighted by molar-refractivity contribution is -0.142. The van der Waals surface area contributed by atoms with E-state index in [4.69, 9.17) is 42.0 Å². The summed E-state index contributed by atoms with van der Waals surface area (Å²) in [6, 6.07) is 7.11. The minimum absolute atomic E-state index is 0.0535. The van der Waals surface area contributed by atoms with Crippen molar-refractivity contribution in [2.45, 2.75) is 160 Å². The number of aryl methyl sites for hydroxylation is 2. The average Bonchev–Trinajstić information content (AvgIpc) is 3.95. The predicted molar refractivity (Wildman–Crippen MR) is 276 cm³/mol. The van der Waals surface area contributed by atoms with Crippen LogP contribution in [0.3, 0.4) is 0 Å². The van der Waals surface area contributed by atoms with E-state index >= 15 is 0 Å². The van der Waals surface area contributed by atoms with Crippen molar-refractivity contribution in [3.8, 4) is 5.75 Å². The van der Waals surface area contributed by atoms with E-state index < -0.39 is 110 Å². The highest BCUT2D eigenvalue weighted by Gasteiger charge is 2.67. The molecule has 3 aliphatic rings. The van der Waals surface area contributed by atoms with E-state index in [1.807, 2.05) is 47.0 Å². The maximum absolute atomic E-state index is 14.8. The third kappa shape index (κ3) is 12.1. The molecule has 0 saturated carbocycles. The fraction of sp³-hybridized carbons (Fsp3) is 0.596. The van der Waals surface area contributed by atoms with Gasteiger partial charge in [0.25, 0.3) is 21.2 Å². The molecule has 73 heavy (non-hydrogen) atoms. The largest absolute Gasteiger partial charge is 0.468 e. The molecular formula is C47H71N6O16PSSi2. The number of ether oxygens (including phenoxy) is 3. The SMILES string of the molecule is COC(=O)C(C)NP(=O)(OC[C@@H]1C=C[C@H](n2cc(C)c(=O)n(CCCn3c(=O)c(C)cn([C@@H]4O[C@H](CO[Si](C)(C)C(C)(C)C)[C@@]5(OS(=O)(=O)C=C5N)[C@H]4O[Si](C)(C)C(C)(C)C)c3=O)c2=O)O1)Oc1ccccc1. The highest BCUT2D eigenvalue weighted by Crippen LogP contribution is 2.52. The van der Waals surface area contributed by atoms with Gasteiger partial charge in [0.1, 0.15) is 30.1 Å². The molecule has 404 valence electrons. The lowest BCUT2D eigenvalue weighted by atomic mass is 9.89. The number of methoxy groups -OCH3 is 1. The Kier molecular flexibility index (Phi) is 16.8. The lowest BCUT2D eigenvalue weighted by Crippen LogP contribution is -2.59. The number of nitrogens with zero attached hydrogens (tertiary/aromatic N) is 4. The summed E-state index contributed by atoms with van der Waals surface area (Å²) in [5.74, 6) is -0.507. The van der Waals surface area contributed by atoms with Gasteiger partial charge in [-0.1, -0.05) is 65.8 Å². The molecule has 2 aromatic heterocycles. The number of nitrogens with one attached hydrogen (secondary N) is 1. The molecule has 1 fully saturated rings. The first-order valence-corrected chi connectivity index (χ1v) is 32.7. The molecule has 3 aromatic rings. The van der Waals surface area contributed by atoms with Crippen LogP contribution in [0.4, 0.5) is 0 Å². The van der Waals surface area contributed by atoms with Crippen LogP contribution in [0.5, 0.6) is 5.75 Å². The van der Waals surface area contributed by atoms with Gasteiger partial charge in [-0.2, -0.15) is 13.5 Å². The van der Waals surface area contributed by atoms with Crippen molar-refractivity contribution < 1.29 is 54.1 Å². The fourth-order valence-electron chi connectivity index (χ4n) is 7.97. The van der Waals surface area contributed by atoms with Crippen molar-refractivity contribution >= 4 is 40.5 Å². The molecule has 26 heteroatoms. The van der Waals surface area contributed by atoms with E-state index in [-0.39, 0.29) is 60.3 Å². The molecule has 6 rings (SSSR count). The van der Waals surface area contributed by atoms with Gasteiger partial charge in [0.2, 0.25) is 0 Å². The van der Waals surface area contributed by atoms with Crippen molar-refractivity contribution in [2.75, 3.05) is 20.3 Å². The standard InChI is InChI=1S/C47H71N6O16PSSi2/c1-30-25-52(37-22-21-34(65-37)27-63-70(59,49-32(3)42(56)62-10)67-33-19-16-15-17-20-33)43(57)50(39(30)54)23-18-24-51-40(55)31(2)26-53(44(51)58)41-38(68-73(13,14)46(7,8)9)47(35(48)29-71(60,61)69-47)36(66-41)28-64-72(11,12)45(4,5)6/h15-17,19-22,25-26,29,32,34,36-38,41H,18,23-24,27-28,48H2,1-14H3,(H,49,59)/t32?,34-,36+,37+,38-,41+,47+,70?/m0/s1. The Balaban J connectivity index is 1.27. The number of carbonyl (C=O) groups is 1. The minimum atomic E-state index is -4.37. The van der Waals surface area contributed by atoms with Crippen LogP contribution in [-0.4, -0.2) is 99.6 Å². The van der Waals surface area contributed by atoms with Crippen molar-refractivity contribution in [1.82, 2.24) is 23.4 Å². The van der Waals surface area contributed by atoms with Gasteiger partial charge in [0.15, 0.2) is 34.7 Å². The second kappa shape index (κ2) is 21.2. The topological polar surface area (TPSA) is 268 Å². The molecule has 3 aliphatic heterocycles. The fourth-order valence-corrected chi connectivity index (χ4v) is 13.0. The molecule has 1 saturated heterocycles. The van der Waals surface area contributed by atoms with Gasteiger partial charge in [-0.3, -0.25) is 37.2 Å². The second-order valence-electron chi connectivity index (χ2n) is 21.6. The van der Waals surface area contributed by atoms with Crippen molar-refractivity contribution in [1.29, 1.82) is 0 Å². The first kappa shape index (κ1) is 57.7. The number of nitrogens with two attached hydrogens (primary N) is 1. The monoisotopic (exact) mass is 1090 g/mol. The molecule has 8 atom stereocenters. The van der Waals surface area contributed by atoms with E-state index in [1.165, 1.54) is 49.4 Å². The number of hydrogen-bond acceptors (Lipinski definition) is 17. The van der Waals surface area contributed by atoms with E-state index in [9.17, 15) is 37.0 Å². The van der Waals surface area contributed by atoms with Crippen LogP contribution < -0.4 is 37.8 Å². The highest BCUT2D eigenvalue weighted by molar-refractivity contribution is 7.90. The smallest absolute Gasteiger partial charge is 0.459 e. The molecule has 0 bridgehead atoms.